The molecule has 0 aromatic heterocycles. The van der Waals surface area contributed by atoms with E-state index in [1.54, 1.807) is 0 Å². The molecule has 0 aromatic rings. The Morgan fingerprint density at radius 1 is 0.969 bits per heavy atom. The Bertz CT molecular complexity index is 744. The van der Waals surface area contributed by atoms with Gasteiger partial charge in [-0.25, -0.2) is 0 Å². The lowest BCUT2D eigenvalue weighted by Gasteiger charge is -2.38. The van der Waals surface area contributed by atoms with E-state index in [1.807, 2.05) is 13.8 Å². The van der Waals surface area contributed by atoms with Crippen molar-refractivity contribution in [3.63, 3.8) is 0 Å². The van der Waals surface area contributed by atoms with Crippen LogP contribution in [0, 0.1) is 23.2 Å². The van der Waals surface area contributed by atoms with Gasteiger partial charge in [-0.15, -0.1) is 0 Å². The Kier molecular flexibility index (Phi) is 9.37. The number of esters is 1. The van der Waals surface area contributed by atoms with Gasteiger partial charge in [-0.05, 0) is 84.0 Å². The third-order valence-corrected chi connectivity index (χ3v) is 9.99. The molecule has 0 saturated heterocycles. The van der Waals surface area contributed by atoms with Gasteiger partial charge in [0.05, 0.1) is 11.9 Å². The maximum atomic E-state index is 13.1. The van der Waals surface area contributed by atoms with Crippen LogP contribution in [0.1, 0.15) is 106 Å². The molecule has 0 heterocycles. The minimum absolute atomic E-state index is 0.238. The van der Waals surface area contributed by atoms with Gasteiger partial charge in [0.1, 0.15) is 16.8 Å². The van der Waals surface area contributed by atoms with Crippen molar-refractivity contribution in [2.75, 3.05) is 6.61 Å². The van der Waals surface area contributed by atoms with Gasteiger partial charge in [-0.2, -0.15) is 8.42 Å². The standard InChI is InChI=1S/C25H44O6S/c1-7-18(2)20-13-15-22(16-14-20)32(28,29)30-17-25(6,19(3)26)23(27)31-24(4,5)21-11-9-8-10-12-21/h18,20-22H,7-17H2,1-6H3. The highest BCUT2D eigenvalue weighted by Crippen LogP contribution is 2.38. The van der Waals surface area contributed by atoms with E-state index in [4.69, 9.17) is 8.92 Å². The highest BCUT2D eigenvalue weighted by Gasteiger charge is 2.46. The van der Waals surface area contributed by atoms with E-state index in [1.165, 1.54) is 20.3 Å². The van der Waals surface area contributed by atoms with E-state index in [-0.39, 0.29) is 5.92 Å². The van der Waals surface area contributed by atoms with Gasteiger partial charge in [-0.1, -0.05) is 39.5 Å². The quantitative estimate of drug-likeness (QED) is 0.239. The summed E-state index contributed by atoms with van der Waals surface area (Å²) in [5.74, 6) is 0.226. The van der Waals surface area contributed by atoms with E-state index in [0.717, 1.165) is 44.9 Å². The molecule has 2 fully saturated rings. The Morgan fingerprint density at radius 2 is 1.53 bits per heavy atom. The minimum Gasteiger partial charge on any atom is -0.459 e. The van der Waals surface area contributed by atoms with Gasteiger partial charge in [0.15, 0.2) is 0 Å². The van der Waals surface area contributed by atoms with E-state index in [9.17, 15) is 18.0 Å². The van der Waals surface area contributed by atoms with Crippen molar-refractivity contribution in [1.82, 2.24) is 0 Å². The van der Waals surface area contributed by atoms with Crippen molar-refractivity contribution in [3.8, 4) is 0 Å². The van der Waals surface area contributed by atoms with Crippen LogP contribution in [0.15, 0.2) is 0 Å². The molecule has 2 atom stereocenters. The zero-order valence-electron chi connectivity index (χ0n) is 20.9. The fraction of sp³-hybridized carbons (Fsp3) is 0.920. The summed E-state index contributed by atoms with van der Waals surface area (Å²) in [5, 5.41) is -0.575. The number of hydrogen-bond acceptors (Lipinski definition) is 6. The second kappa shape index (κ2) is 11.0. The molecule has 2 aliphatic carbocycles. The number of carbonyl (C=O) groups excluding carboxylic acids is 2. The highest BCUT2D eigenvalue weighted by molar-refractivity contribution is 7.87. The predicted octanol–water partition coefficient (Wildman–Crippen LogP) is 5.44. The van der Waals surface area contributed by atoms with Gasteiger partial charge in [0.2, 0.25) is 0 Å². The monoisotopic (exact) mass is 472 g/mol. The van der Waals surface area contributed by atoms with Gasteiger partial charge in [0, 0.05) is 0 Å². The molecule has 0 aromatic carbocycles. The lowest BCUT2D eigenvalue weighted by Crippen LogP contribution is -2.47. The smallest absolute Gasteiger partial charge is 0.322 e. The third kappa shape index (κ3) is 6.55. The predicted molar refractivity (Wildman–Crippen MR) is 126 cm³/mol. The van der Waals surface area contributed by atoms with Crippen LogP contribution in [0.2, 0.25) is 0 Å². The Labute approximate surface area is 195 Å². The molecule has 0 bridgehead atoms. The fourth-order valence-electron chi connectivity index (χ4n) is 5.11. The van der Waals surface area contributed by atoms with E-state index < -0.39 is 44.7 Å². The Hall–Kier alpha value is -0.950. The van der Waals surface area contributed by atoms with Crippen molar-refractivity contribution >= 4 is 21.9 Å². The molecule has 2 aliphatic rings. The first-order valence-corrected chi connectivity index (χ1v) is 13.9. The van der Waals surface area contributed by atoms with Crippen LogP contribution in [-0.2, 0) is 28.6 Å². The maximum Gasteiger partial charge on any atom is 0.322 e. The van der Waals surface area contributed by atoms with Crippen LogP contribution in [0.3, 0.4) is 0 Å². The second-order valence-electron chi connectivity index (χ2n) is 10.9. The summed E-state index contributed by atoms with van der Waals surface area (Å²) >= 11 is 0. The molecule has 32 heavy (non-hydrogen) atoms. The SMILES string of the molecule is CCC(C)C1CCC(S(=O)(=O)OCC(C)(C(C)=O)C(=O)OC(C)(C)C2CCCCC2)CC1. The van der Waals surface area contributed by atoms with Gasteiger partial charge in [-0.3, -0.25) is 13.8 Å². The number of ether oxygens (including phenoxy) is 1. The van der Waals surface area contributed by atoms with Crippen LogP contribution in [0.25, 0.3) is 0 Å². The average Bonchev–Trinajstić information content (AvgIpc) is 2.77. The van der Waals surface area contributed by atoms with Crippen molar-refractivity contribution in [2.45, 2.75) is 117 Å². The average molecular weight is 473 g/mol. The number of Topliss-reactive ketones (excluding diaryl/α,β-unsaturated/α-hetero) is 1. The molecule has 0 N–H and O–H groups in total. The van der Waals surface area contributed by atoms with E-state index >= 15 is 0 Å². The van der Waals surface area contributed by atoms with Crippen molar-refractivity contribution in [3.05, 3.63) is 0 Å². The summed E-state index contributed by atoms with van der Waals surface area (Å²) in [7, 11) is -3.86. The molecule has 2 unspecified atom stereocenters. The molecule has 6 nitrogen and oxygen atoms in total. The number of rotatable bonds is 10. The van der Waals surface area contributed by atoms with E-state index in [0.29, 0.717) is 24.7 Å². The third-order valence-electron chi connectivity index (χ3n) is 8.26. The van der Waals surface area contributed by atoms with Crippen LogP contribution >= 0.6 is 0 Å². The molecule has 186 valence electrons. The number of ketones is 1. The lowest BCUT2D eigenvalue weighted by molar-refractivity contribution is -0.177. The van der Waals surface area contributed by atoms with Gasteiger partial charge >= 0.3 is 5.97 Å². The zero-order valence-corrected chi connectivity index (χ0v) is 21.8. The second-order valence-corrected chi connectivity index (χ2v) is 12.8. The van der Waals surface area contributed by atoms with Crippen LogP contribution in [0.5, 0.6) is 0 Å². The molecule has 0 amide bonds. The van der Waals surface area contributed by atoms with Gasteiger partial charge in [0.25, 0.3) is 10.1 Å². The maximum absolute atomic E-state index is 13.1. The Morgan fingerprint density at radius 3 is 2.03 bits per heavy atom. The molecule has 2 rings (SSSR count). The summed E-state index contributed by atoms with van der Waals surface area (Å²) < 4.78 is 36.9. The first kappa shape index (κ1) is 27.3. The normalized spacial score (nSPS) is 26.2. The largest absolute Gasteiger partial charge is 0.459 e. The van der Waals surface area contributed by atoms with Crippen molar-refractivity contribution in [1.29, 1.82) is 0 Å². The van der Waals surface area contributed by atoms with Crippen molar-refractivity contribution in [2.24, 2.45) is 23.2 Å². The summed E-state index contributed by atoms with van der Waals surface area (Å²) in [5.41, 5.74) is -2.35. The Balaban J connectivity index is 2.02. The fourth-order valence-corrected chi connectivity index (χ4v) is 6.55. The van der Waals surface area contributed by atoms with E-state index in [2.05, 4.69) is 13.8 Å². The summed E-state index contributed by atoms with van der Waals surface area (Å²) in [6.45, 7) is 10.4. The minimum atomic E-state index is -3.86. The molecular weight excluding hydrogens is 428 g/mol. The first-order valence-electron chi connectivity index (χ1n) is 12.5. The topological polar surface area (TPSA) is 86.7 Å². The highest BCUT2D eigenvalue weighted by atomic mass is 32.2. The zero-order chi connectivity index (χ0) is 24.2. The molecule has 0 aliphatic heterocycles. The van der Waals surface area contributed by atoms with Crippen LogP contribution in [-0.4, -0.2) is 37.6 Å². The molecule has 7 heteroatoms. The molecule has 0 radical (unpaired) electrons. The van der Waals surface area contributed by atoms with Crippen LogP contribution < -0.4 is 0 Å². The molecular formula is C25H44O6S. The van der Waals surface area contributed by atoms with Gasteiger partial charge < -0.3 is 4.74 Å². The number of carbonyl (C=O) groups is 2. The first-order chi connectivity index (χ1) is 14.8. The lowest BCUT2D eigenvalue weighted by atomic mass is 9.78. The summed E-state index contributed by atoms with van der Waals surface area (Å²) in [4.78, 5) is 25.5. The summed E-state index contributed by atoms with van der Waals surface area (Å²) in [6, 6.07) is 0. The molecule has 0 spiro atoms. The van der Waals surface area contributed by atoms with Crippen LogP contribution in [0.4, 0.5) is 0 Å². The molecule has 2 saturated carbocycles. The number of hydrogen-bond donors (Lipinski definition) is 0. The summed E-state index contributed by atoms with van der Waals surface area (Å²) in [6.07, 6.45) is 9.33. The van der Waals surface area contributed by atoms with Crippen molar-refractivity contribution < 1.29 is 26.9 Å².